The van der Waals surface area contributed by atoms with Crippen molar-refractivity contribution in [1.29, 1.82) is 0 Å². The summed E-state index contributed by atoms with van der Waals surface area (Å²) in [5.74, 6) is 3.44. The number of hydrogen-bond donors (Lipinski definition) is 0. The van der Waals surface area contributed by atoms with Crippen LogP contribution in [0.25, 0.3) is 0 Å². The van der Waals surface area contributed by atoms with Gasteiger partial charge in [-0.15, -0.1) is 0 Å². The van der Waals surface area contributed by atoms with Gasteiger partial charge in [0.25, 0.3) is 5.56 Å². The Hall–Kier alpha value is -2.18. The molecule has 0 spiro atoms. The van der Waals surface area contributed by atoms with Crippen molar-refractivity contribution in [2.45, 2.75) is 57.9 Å². The SMILES string of the molecule is CC(C)Cn1ccnc(N2CCC(c3noc(C4CC4)n3)CC2)c1=O. The summed E-state index contributed by atoms with van der Waals surface area (Å²) in [6.45, 7) is 6.53. The third-order valence-corrected chi connectivity index (χ3v) is 5.00. The molecule has 0 amide bonds. The minimum atomic E-state index is 0.00484. The highest BCUT2D eigenvalue weighted by Gasteiger charge is 2.32. The molecule has 1 aliphatic heterocycles. The van der Waals surface area contributed by atoms with E-state index in [0.717, 1.165) is 44.2 Å². The van der Waals surface area contributed by atoms with Gasteiger partial charge in [-0.25, -0.2) is 4.98 Å². The minimum Gasteiger partial charge on any atom is -0.352 e. The number of hydrogen-bond acceptors (Lipinski definition) is 6. The first kappa shape index (κ1) is 16.3. The van der Waals surface area contributed by atoms with Crippen molar-refractivity contribution in [1.82, 2.24) is 19.7 Å². The zero-order valence-electron chi connectivity index (χ0n) is 14.9. The van der Waals surface area contributed by atoms with E-state index in [4.69, 9.17) is 4.52 Å². The Labute approximate surface area is 147 Å². The first-order chi connectivity index (χ1) is 12.1. The predicted octanol–water partition coefficient (Wildman–Crippen LogP) is 2.54. The van der Waals surface area contributed by atoms with Crippen LogP contribution in [-0.2, 0) is 6.54 Å². The molecule has 0 aromatic carbocycles. The third-order valence-electron chi connectivity index (χ3n) is 5.00. The molecule has 1 saturated carbocycles. The van der Waals surface area contributed by atoms with E-state index in [0.29, 0.717) is 23.6 Å². The van der Waals surface area contributed by atoms with Crippen molar-refractivity contribution >= 4 is 5.82 Å². The first-order valence-corrected chi connectivity index (χ1v) is 9.25. The summed E-state index contributed by atoms with van der Waals surface area (Å²) in [6, 6.07) is 0. The van der Waals surface area contributed by atoms with E-state index in [1.165, 1.54) is 12.8 Å². The average molecular weight is 343 g/mol. The largest absolute Gasteiger partial charge is 0.352 e. The maximum absolute atomic E-state index is 12.7. The Morgan fingerprint density at radius 2 is 1.96 bits per heavy atom. The lowest BCUT2D eigenvalue weighted by atomic mass is 9.96. The summed E-state index contributed by atoms with van der Waals surface area (Å²) >= 11 is 0. The van der Waals surface area contributed by atoms with Gasteiger partial charge in [0, 0.05) is 43.9 Å². The summed E-state index contributed by atoms with van der Waals surface area (Å²) in [4.78, 5) is 23.7. The average Bonchev–Trinajstić information content (AvgIpc) is 3.34. The van der Waals surface area contributed by atoms with Crippen LogP contribution in [0.15, 0.2) is 21.7 Å². The predicted molar refractivity (Wildman–Crippen MR) is 93.8 cm³/mol. The highest BCUT2D eigenvalue weighted by molar-refractivity contribution is 5.36. The van der Waals surface area contributed by atoms with Gasteiger partial charge in [-0.1, -0.05) is 19.0 Å². The van der Waals surface area contributed by atoms with E-state index in [-0.39, 0.29) is 5.56 Å². The van der Waals surface area contributed by atoms with Gasteiger partial charge in [-0.3, -0.25) is 4.79 Å². The fourth-order valence-corrected chi connectivity index (χ4v) is 3.45. The molecule has 1 saturated heterocycles. The summed E-state index contributed by atoms with van der Waals surface area (Å²) in [5.41, 5.74) is 0.00484. The molecule has 2 fully saturated rings. The van der Waals surface area contributed by atoms with E-state index in [2.05, 4.69) is 33.9 Å². The number of aromatic nitrogens is 4. The standard InChI is InChI=1S/C18H25N5O2/c1-12(2)11-23-10-7-19-16(18(23)24)22-8-5-13(6-9-22)15-20-17(25-21-15)14-3-4-14/h7,10,12-14H,3-6,8-9,11H2,1-2H3. The fourth-order valence-electron chi connectivity index (χ4n) is 3.45. The summed E-state index contributed by atoms with van der Waals surface area (Å²) in [5, 5.41) is 4.18. The van der Waals surface area contributed by atoms with Gasteiger partial charge in [0.2, 0.25) is 5.89 Å². The molecular formula is C18H25N5O2. The molecule has 25 heavy (non-hydrogen) atoms. The molecular weight excluding hydrogens is 318 g/mol. The molecule has 134 valence electrons. The molecule has 4 rings (SSSR count). The van der Waals surface area contributed by atoms with Gasteiger partial charge in [0.05, 0.1) is 0 Å². The maximum atomic E-state index is 12.7. The monoisotopic (exact) mass is 343 g/mol. The van der Waals surface area contributed by atoms with Crippen molar-refractivity contribution in [3.8, 4) is 0 Å². The van der Waals surface area contributed by atoms with Crippen molar-refractivity contribution in [3.05, 3.63) is 34.5 Å². The van der Waals surface area contributed by atoms with Crippen LogP contribution >= 0.6 is 0 Å². The Morgan fingerprint density at radius 3 is 2.64 bits per heavy atom. The van der Waals surface area contributed by atoms with E-state index < -0.39 is 0 Å². The molecule has 0 unspecified atom stereocenters. The molecule has 0 radical (unpaired) electrons. The van der Waals surface area contributed by atoms with Crippen molar-refractivity contribution in [3.63, 3.8) is 0 Å². The lowest BCUT2D eigenvalue weighted by molar-refractivity contribution is 0.364. The van der Waals surface area contributed by atoms with Gasteiger partial charge >= 0.3 is 0 Å². The summed E-state index contributed by atoms with van der Waals surface area (Å²) in [6.07, 6.45) is 7.68. The lowest BCUT2D eigenvalue weighted by Gasteiger charge is -2.31. The molecule has 2 aromatic rings. The summed E-state index contributed by atoms with van der Waals surface area (Å²) < 4.78 is 7.15. The van der Waals surface area contributed by atoms with Crippen LogP contribution < -0.4 is 10.5 Å². The normalized spacial score (nSPS) is 18.9. The van der Waals surface area contributed by atoms with Crippen LogP contribution in [0.2, 0.25) is 0 Å². The van der Waals surface area contributed by atoms with Crippen LogP contribution in [0, 0.1) is 5.92 Å². The van der Waals surface area contributed by atoms with Gasteiger partial charge < -0.3 is 14.0 Å². The second-order valence-corrected chi connectivity index (χ2v) is 7.63. The topological polar surface area (TPSA) is 77.1 Å². The van der Waals surface area contributed by atoms with Crippen molar-refractivity contribution < 1.29 is 4.52 Å². The number of anilines is 1. The fraction of sp³-hybridized carbons (Fsp3) is 0.667. The van der Waals surface area contributed by atoms with E-state index in [1.54, 1.807) is 17.0 Å². The van der Waals surface area contributed by atoms with E-state index >= 15 is 0 Å². The zero-order chi connectivity index (χ0) is 17.4. The highest BCUT2D eigenvalue weighted by Crippen LogP contribution is 2.39. The lowest BCUT2D eigenvalue weighted by Crippen LogP contribution is -2.39. The second-order valence-electron chi connectivity index (χ2n) is 7.63. The molecule has 7 heteroatoms. The number of rotatable bonds is 5. The highest BCUT2D eigenvalue weighted by atomic mass is 16.5. The van der Waals surface area contributed by atoms with Crippen LogP contribution in [0.1, 0.15) is 63.1 Å². The third kappa shape index (κ3) is 3.45. The Balaban J connectivity index is 1.43. The van der Waals surface area contributed by atoms with E-state index in [1.807, 2.05) is 0 Å². The van der Waals surface area contributed by atoms with Crippen LogP contribution in [0.5, 0.6) is 0 Å². The molecule has 0 atom stereocenters. The second kappa shape index (κ2) is 6.61. The first-order valence-electron chi connectivity index (χ1n) is 9.25. The van der Waals surface area contributed by atoms with Crippen LogP contribution in [0.3, 0.4) is 0 Å². The molecule has 3 heterocycles. The Bertz CT molecular complexity index is 785. The van der Waals surface area contributed by atoms with E-state index in [9.17, 15) is 4.79 Å². The number of nitrogens with zero attached hydrogens (tertiary/aromatic N) is 5. The minimum absolute atomic E-state index is 0.00484. The molecule has 2 aromatic heterocycles. The Kier molecular flexibility index (Phi) is 4.31. The maximum Gasteiger partial charge on any atom is 0.293 e. The molecule has 2 aliphatic rings. The van der Waals surface area contributed by atoms with Crippen LogP contribution in [-0.4, -0.2) is 32.8 Å². The quantitative estimate of drug-likeness (QED) is 0.830. The van der Waals surface area contributed by atoms with Crippen molar-refractivity contribution in [2.24, 2.45) is 5.92 Å². The van der Waals surface area contributed by atoms with Crippen LogP contribution in [0.4, 0.5) is 5.82 Å². The Morgan fingerprint density at radius 1 is 1.20 bits per heavy atom. The number of piperidine rings is 1. The molecule has 1 aliphatic carbocycles. The smallest absolute Gasteiger partial charge is 0.293 e. The van der Waals surface area contributed by atoms with Gasteiger partial charge in [0.1, 0.15) is 0 Å². The van der Waals surface area contributed by atoms with Gasteiger partial charge in [-0.05, 0) is 31.6 Å². The molecule has 0 bridgehead atoms. The summed E-state index contributed by atoms with van der Waals surface area (Å²) in [7, 11) is 0. The van der Waals surface area contributed by atoms with Crippen molar-refractivity contribution in [2.75, 3.05) is 18.0 Å². The van der Waals surface area contributed by atoms with Gasteiger partial charge in [0.15, 0.2) is 11.6 Å². The molecule has 7 nitrogen and oxygen atoms in total. The molecule has 0 N–H and O–H groups in total. The van der Waals surface area contributed by atoms with Gasteiger partial charge in [-0.2, -0.15) is 4.98 Å². The zero-order valence-corrected chi connectivity index (χ0v) is 14.9.